The summed E-state index contributed by atoms with van der Waals surface area (Å²) in [7, 11) is 0. The van der Waals surface area contributed by atoms with Gasteiger partial charge >= 0.3 is 0 Å². The summed E-state index contributed by atoms with van der Waals surface area (Å²) in [5.74, 6) is 0.768. The van der Waals surface area contributed by atoms with Crippen LogP contribution in [0.3, 0.4) is 0 Å². The second-order valence-electron chi connectivity index (χ2n) is 6.00. The van der Waals surface area contributed by atoms with E-state index in [4.69, 9.17) is 9.47 Å². The molecule has 0 saturated heterocycles. The third-order valence-corrected chi connectivity index (χ3v) is 3.78. The SMILES string of the molecule is CCCCCC(=O)NNC(=O)c1cccc(OCCOc2ccccc2)c1. The van der Waals surface area contributed by atoms with Crippen molar-refractivity contribution < 1.29 is 19.1 Å². The molecule has 6 heteroatoms. The predicted octanol–water partition coefficient (Wildman–Crippen LogP) is 3.49. The van der Waals surface area contributed by atoms with Gasteiger partial charge < -0.3 is 9.47 Å². The van der Waals surface area contributed by atoms with Gasteiger partial charge in [0.25, 0.3) is 5.91 Å². The lowest BCUT2D eigenvalue weighted by molar-refractivity contribution is -0.121. The van der Waals surface area contributed by atoms with E-state index in [1.54, 1.807) is 24.3 Å². The molecule has 0 atom stereocenters. The zero-order valence-corrected chi connectivity index (χ0v) is 15.6. The number of amides is 2. The smallest absolute Gasteiger partial charge is 0.269 e. The highest BCUT2D eigenvalue weighted by Gasteiger charge is 2.08. The summed E-state index contributed by atoms with van der Waals surface area (Å²) in [6, 6.07) is 16.3. The predicted molar refractivity (Wildman–Crippen MR) is 104 cm³/mol. The van der Waals surface area contributed by atoms with Crippen molar-refractivity contribution in [3.63, 3.8) is 0 Å². The van der Waals surface area contributed by atoms with E-state index in [1.807, 2.05) is 30.3 Å². The first-order valence-corrected chi connectivity index (χ1v) is 9.19. The fourth-order valence-corrected chi connectivity index (χ4v) is 2.36. The minimum absolute atomic E-state index is 0.192. The van der Waals surface area contributed by atoms with Gasteiger partial charge in [0.2, 0.25) is 5.91 Å². The van der Waals surface area contributed by atoms with Crippen molar-refractivity contribution in [3.05, 3.63) is 60.2 Å². The van der Waals surface area contributed by atoms with Crippen molar-refractivity contribution in [1.82, 2.24) is 10.9 Å². The fourth-order valence-electron chi connectivity index (χ4n) is 2.36. The van der Waals surface area contributed by atoms with Gasteiger partial charge in [-0.1, -0.05) is 44.0 Å². The third-order valence-electron chi connectivity index (χ3n) is 3.78. The molecular formula is C21H26N2O4. The van der Waals surface area contributed by atoms with Gasteiger partial charge in [-0.2, -0.15) is 0 Å². The molecule has 0 saturated carbocycles. The molecule has 0 spiro atoms. The van der Waals surface area contributed by atoms with E-state index in [0.29, 0.717) is 30.9 Å². The standard InChI is InChI=1S/C21H26N2O4/c1-2-3-5-13-20(24)22-23-21(25)17-9-8-12-19(16-17)27-15-14-26-18-10-6-4-7-11-18/h4,6-12,16H,2-3,5,13-15H2,1H3,(H,22,24)(H,23,25). The van der Waals surface area contributed by atoms with E-state index in [9.17, 15) is 9.59 Å². The summed E-state index contributed by atoms with van der Waals surface area (Å²) >= 11 is 0. The molecule has 0 radical (unpaired) electrons. The number of unbranched alkanes of at least 4 members (excludes halogenated alkanes) is 2. The summed E-state index contributed by atoms with van der Waals surface area (Å²) in [6.45, 7) is 2.82. The molecule has 2 N–H and O–H groups in total. The first-order valence-electron chi connectivity index (χ1n) is 9.19. The van der Waals surface area contributed by atoms with Gasteiger partial charge in [-0.25, -0.2) is 0 Å². The molecule has 27 heavy (non-hydrogen) atoms. The molecule has 0 aromatic heterocycles. The number of hydrogen-bond acceptors (Lipinski definition) is 4. The van der Waals surface area contributed by atoms with Gasteiger partial charge in [0.05, 0.1) is 0 Å². The van der Waals surface area contributed by atoms with Crippen LogP contribution in [0.1, 0.15) is 43.0 Å². The maximum Gasteiger partial charge on any atom is 0.269 e. The Balaban J connectivity index is 1.73. The highest BCUT2D eigenvalue weighted by atomic mass is 16.5. The molecule has 0 heterocycles. The largest absolute Gasteiger partial charge is 0.490 e. The summed E-state index contributed by atoms with van der Waals surface area (Å²) < 4.78 is 11.2. The molecule has 0 aliphatic rings. The fraction of sp³-hybridized carbons (Fsp3) is 0.333. The van der Waals surface area contributed by atoms with E-state index in [1.165, 1.54) is 0 Å². The summed E-state index contributed by atoms with van der Waals surface area (Å²) in [5, 5.41) is 0. The zero-order valence-electron chi connectivity index (χ0n) is 15.6. The number of ether oxygens (including phenoxy) is 2. The first kappa shape index (κ1) is 20.3. The number of hydrogen-bond donors (Lipinski definition) is 2. The molecule has 2 aromatic carbocycles. The average Bonchev–Trinajstić information content (AvgIpc) is 2.70. The zero-order chi connectivity index (χ0) is 19.3. The van der Waals surface area contributed by atoms with Crippen LogP contribution >= 0.6 is 0 Å². The Kier molecular flexibility index (Phi) is 8.69. The van der Waals surface area contributed by atoms with Crippen molar-refractivity contribution in [2.75, 3.05) is 13.2 Å². The Morgan fingerprint density at radius 2 is 1.56 bits per heavy atom. The Hall–Kier alpha value is -3.02. The molecule has 0 aliphatic carbocycles. The van der Waals surface area contributed by atoms with Crippen LogP contribution < -0.4 is 20.3 Å². The summed E-state index contributed by atoms with van der Waals surface area (Å²) in [6.07, 6.45) is 3.25. The summed E-state index contributed by atoms with van der Waals surface area (Å²) in [4.78, 5) is 23.8. The Bertz CT molecular complexity index is 719. The van der Waals surface area contributed by atoms with Crippen LogP contribution in [0.2, 0.25) is 0 Å². The average molecular weight is 370 g/mol. The van der Waals surface area contributed by atoms with Crippen molar-refractivity contribution in [3.8, 4) is 11.5 Å². The number of hydrazine groups is 1. The summed E-state index contributed by atoms with van der Waals surface area (Å²) in [5.41, 5.74) is 5.26. The molecule has 6 nitrogen and oxygen atoms in total. The van der Waals surface area contributed by atoms with Crippen molar-refractivity contribution in [2.24, 2.45) is 0 Å². The second kappa shape index (κ2) is 11.6. The molecule has 0 aliphatic heterocycles. The van der Waals surface area contributed by atoms with Crippen LogP contribution in [0.25, 0.3) is 0 Å². The van der Waals surface area contributed by atoms with Crippen LogP contribution in [0.5, 0.6) is 11.5 Å². The van der Waals surface area contributed by atoms with Gasteiger partial charge in [0.15, 0.2) is 0 Å². The monoisotopic (exact) mass is 370 g/mol. The number of carbonyl (C=O) groups is 2. The second-order valence-corrected chi connectivity index (χ2v) is 6.00. The maximum atomic E-state index is 12.1. The highest BCUT2D eigenvalue weighted by Crippen LogP contribution is 2.14. The third kappa shape index (κ3) is 7.81. The van der Waals surface area contributed by atoms with Gasteiger partial charge in [0, 0.05) is 12.0 Å². The molecule has 0 fully saturated rings. The van der Waals surface area contributed by atoms with Gasteiger partial charge in [-0.3, -0.25) is 20.4 Å². The van der Waals surface area contributed by atoms with E-state index < -0.39 is 0 Å². The lowest BCUT2D eigenvalue weighted by Gasteiger charge is -2.10. The molecule has 0 unspecified atom stereocenters. The topological polar surface area (TPSA) is 76.7 Å². The van der Waals surface area contributed by atoms with E-state index >= 15 is 0 Å². The first-order chi connectivity index (χ1) is 13.2. The Labute approximate surface area is 159 Å². The minimum atomic E-state index is -0.384. The van der Waals surface area contributed by atoms with Crippen LogP contribution in [0.4, 0.5) is 0 Å². The number of carbonyl (C=O) groups excluding carboxylic acids is 2. The molecular weight excluding hydrogens is 344 g/mol. The molecule has 2 amide bonds. The number of nitrogens with one attached hydrogen (secondary N) is 2. The lowest BCUT2D eigenvalue weighted by Crippen LogP contribution is -2.41. The maximum absolute atomic E-state index is 12.1. The van der Waals surface area contributed by atoms with E-state index in [2.05, 4.69) is 17.8 Å². The van der Waals surface area contributed by atoms with Crippen molar-refractivity contribution >= 4 is 11.8 Å². The molecule has 2 rings (SSSR count). The van der Waals surface area contributed by atoms with Crippen molar-refractivity contribution in [2.45, 2.75) is 32.6 Å². The van der Waals surface area contributed by atoms with Gasteiger partial charge in [0.1, 0.15) is 24.7 Å². The van der Waals surface area contributed by atoms with Crippen LogP contribution in [-0.4, -0.2) is 25.0 Å². The molecule has 144 valence electrons. The minimum Gasteiger partial charge on any atom is -0.490 e. The van der Waals surface area contributed by atoms with Crippen LogP contribution in [0, 0.1) is 0 Å². The van der Waals surface area contributed by atoms with Crippen molar-refractivity contribution in [1.29, 1.82) is 0 Å². The van der Waals surface area contributed by atoms with Crippen LogP contribution in [-0.2, 0) is 4.79 Å². The van der Waals surface area contributed by atoms with Gasteiger partial charge in [-0.05, 0) is 36.8 Å². The normalized spacial score (nSPS) is 10.1. The molecule has 0 bridgehead atoms. The highest BCUT2D eigenvalue weighted by molar-refractivity contribution is 5.95. The Morgan fingerprint density at radius 3 is 2.30 bits per heavy atom. The van der Waals surface area contributed by atoms with E-state index in [0.717, 1.165) is 25.0 Å². The van der Waals surface area contributed by atoms with Gasteiger partial charge in [-0.15, -0.1) is 0 Å². The number of para-hydroxylation sites is 1. The number of rotatable bonds is 10. The number of benzene rings is 2. The Morgan fingerprint density at radius 1 is 0.852 bits per heavy atom. The quantitative estimate of drug-likeness (QED) is 0.496. The molecule has 2 aromatic rings. The lowest BCUT2D eigenvalue weighted by atomic mass is 10.2. The van der Waals surface area contributed by atoms with Crippen LogP contribution in [0.15, 0.2) is 54.6 Å². The van der Waals surface area contributed by atoms with E-state index in [-0.39, 0.29) is 11.8 Å².